The monoisotopic (exact) mass is 371 g/mol. The molecule has 0 atom stereocenters. The molecule has 0 saturated carbocycles. The minimum absolute atomic E-state index is 0.150. The largest absolute Gasteiger partial charge is 0.422 e. The topological polar surface area (TPSA) is 87.3 Å². The van der Waals surface area contributed by atoms with E-state index >= 15 is 0 Å². The lowest BCUT2D eigenvalue weighted by Crippen LogP contribution is -2.18. The molecule has 0 unspecified atom stereocenters. The Balaban J connectivity index is 2.16. The fraction of sp³-hybridized carbons (Fsp3) is 0.231. The number of hydrogen-bond donors (Lipinski definition) is 0. The zero-order valence-electron chi connectivity index (χ0n) is 11.7. The molecule has 0 aliphatic rings. The van der Waals surface area contributed by atoms with Gasteiger partial charge < -0.3 is 4.74 Å². The van der Waals surface area contributed by atoms with E-state index in [-0.39, 0.29) is 29.4 Å². The van der Waals surface area contributed by atoms with Crippen LogP contribution in [0.2, 0.25) is 0 Å². The Hall–Kier alpha value is -2.29. The summed E-state index contributed by atoms with van der Waals surface area (Å²) in [7, 11) is 0. The Bertz CT molecular complexity index is 760. The van der Waals surface area contributed by atoms with Gasteiger partial charge >= 0.3 is 11.7 Å². The Kier molecular flexibility index (Phi) is 4.55. The van der Waals surface area contributed by atoms with Gasteiger partial charge in [0.25, 0.3) is 0 Å². The summed E-state index contributed by atoms with van der Waals surface area (Å²) in [5, 5.41) is 14.8. The zero-order chi connectivity index (χ0) is 16.4. The second-order valence-corrected chi connectivity index (χ2v) is 5.40. The van der Waals surface area contributed by atoms with E-state index in [2.05, 4.69) is 21.0 Å². The molecule has 7 nitrogen and oxygen atoms in total. The number of hydrogen-bond acceptors (Lipinski definition) is 5. The number of aromatic nitrogens is 2. The predicted octanol–water partition coefficient (Wildman–Crippen LogP) is 2.92. The van der Waals surface area contributed by atoms with Crippen LogP contribution in [0.15, 0.2) is 22.7 Å². The first kappa shape index (κ1) is 16.1. The first-order chi connectivity index (χ1) is 10.3. The quantitative estimate of drug-likeness (QED) is 0.357. The molecule has 22 heavy (non-hydrogen) atoms. The predicted molar refractivity (Wildman–Crippen MR) is 78.1 cm³/mol. The van der Waals surface area contributed by atoms with E-state index in [1.165, 1.54) is 26.0 Å². The van der Waals surface area contributed by atoms with Crippen LogP contribution >= 0.6 is 15.9 Å². The van der Waals surface area contributed by atoms with Gasteiger partial charge in [0.05, 0.1) is 4.92 Å². The second-order valence-electron chi connectivity index (χ2n) is 4.48. The van der Waals surface area contributed by atoms with E-state index in [9.17, 15) is 19.3 Å². The molecule has 116 valence electrons. The van der Waals surface area contributed by atoms with E-state index in [1.54, 1.807) is 0 Å². The molecule has 1 heterocycles. The summed E-state index contributed by atoms with van der Waals surface area (Å²) >= 11 is 3.09. The lowest BCUT2D eigenvalue weighted by molar-refractivity contribution is -0.386. The van der Waals surface area contributed by atoms with Crippen molar-refractivity contribution in [3.8, 4) is 5.75 Å². The van der Waals surface area contributed by atoms with Gasteiger partial charge in [-0.25, -0.2) is 9.18 Å². The van der Waals surface area contributed by atoms with Crippen LogP contribution < -0.4 is 4.74 Å². The van der Waals surface area contributed by atoms with Crippen molar-refractivity contribution < 1.29 is 18.8 Å². The highest BCUT2D eigenvalue weighted by Gasteiger charge is 2.23. The molecule has 0 bridgehead atoms. The summed E-state index contributed by atoms with van der Waals surface area (Å²) in [6, 6.07) is 4.00. The van der Waals surface area contributed by atoms with Gasteiger partial charge in [-0.3, -0.25) is 14.8 Å². The number of nitrogens with zero attached hydrogens (tertiary/aromatic N) is 3. The highest BCUT2D eigenvalue weighted by molar-refractivity contribution is 9.10. The minimum atomic E-state index is -0.776. The van der Waals surface area contributed by atoms with Crippen molar-refractivity contribution in [2.75, 3.05) is 0 Å². The first-order valence-corrected chi connectivity index (χ1v) is 6.93. The van der Waals surface area contributed by atoms with Crippen molar-refractivity contribution in [3.05, 3.63) is 50.0 Å². The fourth-order valence-electron chi connectivity index (χ4n) is 1.94. The molecule has 2 rings (SSSR count). The molecule has 0 amide bonds. The van der Waals surface area contributed by atoms with Gasteiger partial charge in [-0.05, 0) is 32.0 Å². The maximum Gasteiger partial charge on any atom is 0.333 e. The van der Waals surface area contributed by atoms with Crippen molar-refractivity contribution in [3.63, 3.8) is 0 Å². The number of ether oxygens (including phenoxy) is 1. The molecular weight excluding hydrogens is 361 g/mol. The van der Waals surface area contributed by atoms with Crippen molar-refractivity contribution >= 4 is 27.6 Å². The summed E-state index contributed by atoms with van der Waals surface area (Å²) in [6.07, 6.45) is 0. The molecule has 0 aliphatic carbocycles. The Morgan fingerprint density at radius 2 is 2.18 bits per heavy atom. The van der Waals surface area contributed by atoms with E-state index in [0.717, 1.165) is 10.7 Å². The molecule has 0 N–H and O–H groups in total. The van der Waals surface area contributed by atoms with Crippen molar-refractivity contribution in [2.24, 2.45) is 0 Å². The fourth-order valence-corrected chi connectivity index (χ4v) is 2.27. The molecule has 0 aliphatic heterocycles. The third-order valence-corrected chi connectivity index (χ3v) is 3.42. The highest BCUT2D eigenvalue weighted by atomic mass is 79.9. The Morgan fingerprint density at radius 3 is 2.73 bits per heavy atom. The molecule has 2 aromatic rings. The normalized spacial score (nSPS) is 10.5. The summed E-state index contributed by atoms with van der Waals surface area (Å²) in [4.78, 5) is 22.2. The molecular formula is C13H11BrFN3O4. The third kappa shape index (κ3) is 3.30. The maximum atomic E-state index is 13.6. The Morgan fingerprint density at radius 1 is 1.50 bits per heavy atom. The van der Waals surface area contributed by atoms with Crippen molar-refractivity contribution in [1.29, 1.82) is 0 Å². The van der Waals surface area contributed by atoms with Crippen LogP contribution in [0.1, 0.15) is 11.4 Å². The maximum absolute atomic E-state index is 13.6. The molecule has 9 heteroatoms. The van der Waals surface area contributed by atoms with Crippen LogP contribution in [0.25, 0.3) is 0 Å². The highest BCUT2D eigenvalue weighted by Crippen LogP contribution is 2.23. The van der Waals surface area contributed by atoms with Gasteiger partial charge in [0.1, 0.15) is 17.9 Å². The van der Waals surface area contributed by atoms with Crippen LogP contribution in [0.4, 0.5) is 10.1 Å². The molecule has 0 spiro atoms. The number of carbonyl (C=O) groups excluding carboxylic acids is 1. The number of nitro groups is 1. The molecule has 1 aromatic heterocycles. The number of rotatable bonds is 4. The first-order valence-electron chi connectivity index (χ1n) is 6.13. The van der Waals surface area contributed by atoms with Crippen molar-refractivity contribution in [2.45, 2.75) is 20.4 Å². The van der Waals surface area contributed by atoms with E-state index in [4.69, 9.17) is 4.74 Å². The van der Waals surface area contributed by atoms with Gasteiger partial charge in [-0.15, -0.1) is 0 Å². The minimum Gasteiger partial charge on any atom is -0.422 e. The number of esters is 1. The zero-order valence-corrected chi connectivity index (χ0v) is 13.3. The Labute approximate surface area is 133 Å². The SMILES string of the molecule is Cc1nn(CC(=O)Oc2ccc(Br)cc2F)c(C)c1[N+](=O)[O-]. The van der Waals surface area contributed by atoms with Gasteiger partial charge in [-0.2, -0.15) is 5.10 Å². The third-order valence-electron chi connectivity index (χ3n) is 2.92. The average Bonchev–Trinajstić information content (AvgIpc) is 2.67. The van der Waals surface area contributed by atoms with Gasteiger partial charge in [0, 0.05) is 4.47 Å². The number of aryl methyl sites for hydroxylation is 1. The standard InChI is InChI=1S/C13H11BrFN3O4/c1-7-13(18(20)21)8(2)17(16-7)6-12(19)22-11-4-3-9(14)5-10(11)15/h3-5H,6H2,1-2H3. The smallest absolute Gasteiger partial charge is 0.333 e. The lowest BCUT2D eigenvalue weighted by atomic mass is 10.3. The summed E-state index contributed by atoms with van der Waals surface area (Å²) in [5.74, 6) is -1.69. The van der Waals surface area contributed by atoms with E-state index < -0.39 is 16.7 Å². The summed E-state index contributed by atoms with van der Waals surface area (Å²) in [5.41, 5.74) is 0.281. The number of carbonyl (C=O) groups is 1. The van der Waals surface area contributed by atoms with Crippen molar-refractivity contribution in [1.82, 2.24) is 9.78 Å². The van der Waals surface area contributed by atoms with Crippen LogP contribution in [0.5, 0.6) is 5.75 Å². The van der Waals surface area contributed by atoms with Crippen LogP contribution in [-0.2, 0) is 11.3 Å². The van der Waals surface area contributed by atoms with Crippen LogP contribution in [-0.4, -0.2) is 20.7 Å². The molecule has 0 fully saturated rings. The summed E-state index contributed by atoms with van der Waals surface area (Å²) in [6.45, 7) is 2.60. The molecule has 0 radical (unpaired) electrons. The lowest BCUT2D eigenvalue weighted by Gasteiger charge is -2.06. The number of halogens is 2. The second kappa shape index (κ2) is 6.22. The van der Waals surface area contributed by atoms with Gasteiger partial charge in [-0.1, -0.05) is 15.9 Å². The average molecular weight is 372 g/mol. The van der Waals surface area contributed by atoms with E-state index in [0.29, 0.717) is 4.47 Å². The van der Waals surface area contributed by atoms with E-state index in [1.807, 2.05) is 0 Å². The van der Waals surface area contributed by atoms with Gasteiger partial charge in [0.2, 0.25) is 0 Å². The van der Waals surface area contributed by atoms with Gasteiger partial charge in [0.15, 0.2) is 11.6 Å². The number of benzene rings is 1. The van der Waals surface area contributed by atoms with Crippen LogP contribution in [0, 0.1) is 29.8 Å². The molecule has 1 aromatic carbocycles. The van der Waals surface area contributed by atoms with Crippen LogP contribution in [0.3, 0.4) is 0 Å². The molecule has 0 saturated heterocycles. The summed E-state index contributed by atoms with van der Waals surface area (Å²) < 4.78 is 20.2.